The molecule has 14 heavy (non-hydrogen) atoms. The molecule has 0 aromatic heterocycles. The van der Waals surface area contributed by atoms with Crippen LogP contribution in [0.15, 0.2) is 16.3 Å². The highest BCUT2D eigenvalue weighted by molar-refractivity contribution is 5.78. The molecule has 0 atom stereocenters. The van der Waals surface area contributed by atoms with Gasteiger partial charge in [-0.25, -0.2) is 0 Å². The molecule has 1 aliphatic rings. The van der Waals surface area contributed by atoms with E-state index in [4.69, 9.17) is 11.5 Å². The van der Waals surface area contributed by atoms with E-state index in [9.17, 15) is 0 Å². The van der Waals surface area contributed by atoms with Gasteiger partial charge in [0.1, 0.15) is 0 Å². The van der Waals surface area contributed by atoms with Crippen molar-refractivity contribution < 1.29 is 0 Å². The molecule has 0 aromatic rings. The molecule has 1 fully saturated rings. The maximum Gasteiger partial charge on any atom is 0.0500 e. The largest absolute Gasteiger partial charge is 0.402 e. The average molecular weight is 195 g/mol. The van der Waals surface area contributed by atoms with Crippen LogP contribution in [0.5, 0.6) is 0 Å². The lowest BCUT2D eigenvalue weighted by Gasteiger charge is -2.22. The van der Waals surface area contributed by atoms with E-state index in [2.05, 4.69) is 4.99 Å². The number of hydrogen-bond acceptors (Lipinski definition) is 3. The van der Waals surface area contributed by atoms with Crippen molar-refractivity contribution in [1.82, 2.24) is 0 Å². The highest BCUT2D eigenvalue weighted by Crippen LogP contribution is 2.19. The van der Waals surface area contributed by atoms with Gasteiger partial charge in [-0.05, 0) is 45.1 Å². The first-order valence-electron chi connectivity index (χ1n) is 5.31. The Labute approximate surface area is 86.3 Å². The fourth-order valence-electron chi connectivity index (χ4n) is 1.57. The van der Waals surface area contributed by atoms with Crippen molar-refractivity contribution in [3.05, 3.63) is 11.3 Å². The lowest BCUT2D eigenvalue weighted by molar-refractivity contribution is 0.397. The Balaban J connectivity index is 2.42. The van der Waals surface area contributed by atoms with Crippen molar-refractivity contribution in [2.24, 2.45) is 16.5 Å². The Morgan fingerprint density at radius 2 is 1.79 bits per heavy atom. The van der Waals surface area contributed by atoms with E-state index in [1.165, 1.54) is 0 Å². The summed E-state index contributed by atoms with van der Waals surface area (Å²) in [6.07, 6.45) is 6.35. The summed E-state index contributed by atoms with van der Waals surface area (Å²) in [6, 6.07) is 0.860. The minimum absolute atomic E-state index is 0.398. The predicted molar refractivity (Wildman–Crippen MR) is 61.3 cm³/mol. The molecule has 80 valence electrons. The Bertz CT molecular complexity index is 231. The second kappa shape index (κ2) is 5.15. The molecule has 0 radical (unpaired) electrons. The monoisotopic (exact) mass is 195 g/mol. The number of allylic oxidation sites excluding steroid dienone is 2. The third kappa shape index (κ3) is 3.50. The Morgan fingerprint density at radius 1 is 1.21 bits per heavy atom. The van der Waals surface area contributed by atoms with Crippen LogP contribution in [0.3, 0.4) is 0 Å². The summed E-state index contributed by atoms with van der Waals surface area (Å²) < 4.78 is 0. The molecule has 3 nitrogen and oxygen atoms in total. The summed E-state index contributed by atoms with van der Waals surface area (Å²) in [7, 11) is 0. The zero-order valence-electron chi connectivity index (χ0n) is 9.16. The predicted octanol–water partition coefficient (Wildman–Crippen LogP) is 1.58. The van der Waals surface area contributed by atoms with Gasteiger partial charge in [0.15, 0.2) is 0 Å². The molecule has 0 unspecified atom stereocenters. The molecular weight excluding hydrogens is 174 g/mol. The van der Waals surface area contributed by atoms with E-state index in [1.54, 1.807) is 0 Å². The molecule has 0 heterocycles. The van der Waals surface area contributed by atoms with E-state index >= 15 is 0 Å². The normalized spacial score (nSPS) is 30.5. The first kappa shape index (κ1) is 11.2. The van der Waals surface area contributed by atoms with Crippen LogP contribution in [0.2, 0.25) is 0 Å². The van der Waals surface area contributed by atoms with Crippen molar-refractivity contribution >= 4 is 6.21 Å². The third-order valence-corrected chi connectivity index (χ3v) is 2.84. The van der Waals surface area contributed by atoms with E-state index in [-0.39, 0.29) is 0 Å². The van der Waals surface area contributed by atoms with Crippen molar-refractivity contribution in [3.63, 3.8) is 0 Å². The molecule has 3 heteroatoms. The quantitative estimate of drug-likeness (QED) is 0.657. The lowest BCUT2D eigenvalue weighted by atomic mass is 9.92. The Hall–Kier alpha value is -0.830. The van der Waals surface area contributed by atoms with Gasteiger partial charge in [-0.15, -0.1) is 0 Å². The standard InChI is InChI=1S/C11H21N3/c1-8(9(2)12)7-14-11-5-3-10(13)4-6-11/h7,10-11H,3-6,12-13H2,1-2H3. The van der Waals surface area contributed by atoms with Crippen LogP contribution in [0.4, 0.5) is 0 Å². The number of nitrogens with zero attached hydrogens (tertiary/aromatic N) is 1. The minimum atomic E-state index is 0.398. The van der Waals surface area contributed by atoms with E-state index < -0.39 is 0 Å². The van der Waals surface area contributed by atoms with Gasteiger partial charge >= 0.3 is 0 Å². The highest BCUT2D eigenvalue weighted by atomic mass is 14.8. The van der Waals surface area contributed by atoms with Gasteiger partial charge in [0.25, 0.3) is 0 Å². The Morgan fingerprint density at radius 3 is 2.29 bits per heavy atom. The van der Waals surface area contributed by atoms with Crippen molar-refractivity contribution in [2.45, 2.75) is 51.6 Å². The smallest absolute Gasteiger partial charge is 0.0500 e. The summed E-state index contributed by atoms with van der Waals surface area (Å²) in [6.45, 7) is 3.89. The summed E-state index contributed by atoms with van der Waals surface area (Å²) in [5.41, 5.74) is 13.4. The van der Waals surface area contributed by atoms with Gasteiger partial charge in [-0.3, -0.25) is 4.99 Å². The summed E-state index contributed by atoms with van der Waals surface area (Å²) in [5.74, 6) is 0. The highest BCUT2D eigenvalue weighted by Gasteiger charge is 2.16. The zero-order valence-corrected chi connectivity index (χ0v) is 9.16. The number of hydrogen-bond donors (Lipinski definition) is 2. The second-order valence-corrected chi connectivity index (χ2v) is 4.21. The Kier molecular flexibility index (Phi) is 4.14. The molecule has 1 aliphatic carbocycles. The van der Waals surface area contributed by atoms with Crippen LogP contribution in [-0.4, -0.2) is 18.3 Å². The fourth-order valence-corrected chi connectivity index (χ4v) is 1.57. The van der Waals surface area contributed by atoms with Gasteiger partial charge in [-0.2, -0.15) is 0 Å². The fraction of sp³-hybridized carbons (Fsp3) is 0.727. The molecule has 0 spiro atoms. The van der Waals surface area contributed by atoms with Gasteiger partial charge in [0.2, 0.25) is 0 Å². The van der Waals surface area contributed by atoms with E-state index in [1.807, 2.05) is 20.1 Å². The molecule has 1 rings (SSSR count). The maximum atomic E-state index is 5.82. The topological polar surface area (TPSA) is 64.4 Å². The summed E-state index contributed by atoms with van der Waals surface area (Å²) in [5, 5.41) is 0. The van der Waals surface area contributed by atoms with Gasteiger partial charge in [-0.1, -0.05) is 0 Å². The van der Waals surface area contributed by atoms with Crippen LogP contribution in [-0.2, 0) is 0 Å². The average Bonchev–Trinajstić information content (AvgIpc) is 2.16. The van der Waals surface area contributed by atoms with E-state index in [0.717, 1.165) is 37.0 Å². The molecule has 1 saturated carbocycles. The van der Waals surface area contributed by atoms with Crippen LogP contribution in [0, 0.1) is 0 Å². The number of aliphatic imine (C=N–C) groups is 1. The van der Waals surface area contributed by atoms with Crippen LogP contribution < -0.4 is 11.5 Å². The van der Waals surface area contributed by atoms with E-state index in [0.29, 0.717) is 12.1 Å². The molecule has 0 bridgehead atoms. The molecular formula is C11H21N3. The van der Waals surface area contributed by atoms with Crippen molar-refractivity contribution in [2.75, 3.05) is 0 Å². The third-order valence-electron chi connectivity index (χ3n) is 2.84. The van der Waals surface area contributed by atoms with Gasteiger partial charge in [0.05, 0.1) is 6.04 Å². The summed E-state index contributed by atoms with van der Waals surface area (Å²) >= 11 is 0. The zero-order chi connectivity index (χ0) is 10.6. The van der Waals surface area contributed by atoms with Crippen LogP contribution >= 0.6 is 0 Å². The SMILES string of the molecule is CC(N)=C(C)C=NC1CCC(N)CC1. The van der Waals surface area contributed by atoms with Crippen LogP contribution in [0.1, 0.15) is 39.5 Å². The first-order chi connectivity index (χ1) is 6.59. The molecule has 4 N–H and O–H groups in total. The minimum Gasteiger partial charge on any atom is -0.402 e. The molecule has 0 saturated heterocycles. The van der Waals surface area contributed by atoms with Crippen molar-refractivity contribution in [3.8, 4) is 0 Å². The maximum absolute atomic E-state index is 5.82. The molecule has 0 aliphatic heterocycles. The first-order valence-corrected chi connectivity index (χ1v) is 5.31. The molecule has 0 amide bonds. The van der Waals surface area contributed by atoms with Crippen LogP contribution in [0.25, 0.3) is 0 Å². The van der Waals surface area contributed by atoms with Gasteiger partial charge < -0.3 is 11.5 Å². The summed E-state index contributed by atoms with van der Waals surface area (Å²) in [4.78, 5) is 4.52. The molecule has 0 aromatic carbocycles. The number of nitrogens with two attached hydrogens (primary N) is 2. The number of rotatable bonds is 2. The lowest BCUT2D eigenvalue weighted by Crippen LogP contribution is -2.28. The second-order valence-electron chi connectivity index (χ2n) is 4.21. The van der Waals surface area contributed by atoms with Gasteiger partial charge in [0, 0.05) is 18.0 Å². The van der Waals surface area contributed by atoms with Crippen molar-refractivity contribution in [1.29, 1.82) is 0 Å².